The Hall–Kier alpha value is -2.73. The van der Waals surface area contributed by atoms with E-state index in [9.17, 15) is 14.7 Å². The molecule has 23 heavy (non-hydrogen) atoms. The topological polar surface area (TPSA) is 73.2 Å². The number of rotatable bonds is 3. The third-order valence-electron chi connectivity index (χ3n) is 4.32. The van der Waals surface area contributed by atoms with Gasteiger partial charge in [0.05, 0.1) is 17.2 Å². The smallest absolute Gasteiger partial charge is 0.261 e. The Kier molecular flexibility index (Phi) is 3.12. The van der Waals surface area contributed by atoms with Crippen LogP contribution in [0.25, 0.3) is 0 Å². The summed E-state index contributed by atoms with van der Waals surface area (Å²) >= 11 is 0. The molecule has 0 bridgehead atoms. The lowest BCUT2D eigenvalue weighted by atomic mass is 10.1. The van der Waals surface area contributed by atoms with Gasteiger partial charge in [-0.3, -0.25) is 19.5 Å². The van der Waals surface area contributed by atoms with Crippen molar-refractivity contribution in [2.45, 2.75) is 18.7 Å². The largest absolute Gasteiger partial charge is 0.371 e. The van der Waals surface area contributed by atoms with E-state index in [0.717, 1.165) is 0 Å². The molecule has 0 spiro atoms. The maximum atomic E-state index is 12.3. The number of fused-ring (bicyclic) bond motifs is 2. The highest BCUT2D eigenvalue weighted by Crippen LogP contribution is 2.25. The van der Waals surface area contributed by atoms with Gasteiger partial charge in [0.15, 0.2) is 6.23 Å². The summed E-state index contributed by atoms with van der Waals surface area (Å²) in [4.78, 5) is 32.0. The van der Waals surface area contributed by atoms with Crippen molar-refractivity contribution in [2.75, 3.05) is 6.54 Å². The number of aliphatic hydroxyl groups excluding tert-OH is 1. The summed E-state index contributed by atoms with van der Waals surface area (Å²) in [5.74, 6) is 0.152. The van der Waals surface area contributed by atoms with Crippen LogP contribution in [0.3, 0.4) is 0 Å². The molecule has 3 aliphatic rings. The predicted octanol–water partition coefficient (Wildman–Crippen LogP) is 1.16. The van der Waals surface area contributed by atoms with E-state index in [-0.39, 0.29) is 24.4 Å². The monoisotopic (exact) mass is 309 g/mol. The molecule has 6 heteroatoms. The van der Waals surface area contributed by atoms with Gasteiger partial charge < -0.3 is 10.0 Å². The molecule has 3 heterocycles. The molecule has 0 saturated heterocycles. The minimum Gasteiger partial charge on any atom is -0.371 e. The number of carbonyl (C=O) groups is 2. The highest BCUT2D eigenvalue weighted by molar-refractivity contribution is 6.21. The Morgan fingerprint density at radius 3 is 2.43 bits per heavy atom. The molecular formula is C17H15N3O3. The van der Waals surface area contributed by atoms with Crippen LogP contribution in [0.4, 0.5) is 0 Å². The maximum Gasteiger partial charge on any atom is 0.261 e. The zero-order valence-corrected chi connectivity index (χ0v) is 12.3. The lowest BCUT2D eigenvalue weighted by Crippen LogP contribution is -2.38. The summed E-state index contributed by atoms with van der Waals surface area (Å²) in [6, 6.07) is 6.46. The maximum absolute atomic E-state index is 12.3. The van der Waals surface area contributed by atoms with Gasteiger partial charge >= 0.3 is 0 Å². The van der Waals surface area contributed by atoms with Crippen molar-refractivity contribution in [1.29, 1.82) is 0 Å². The van der Waals surface area contributed by atoms with Gasteiger partial charge in [0.2, 0.25) is 0 Å². The second kappa shape index (κ2) is 5.17. The summed E-state index contributed by atoms with van der Waals surface area (Å²) in [5.41, 5.74) is 0.887. The summed E-state index contributed by atoms with van der Waals surface area (Å²) in [5, 5.41) is 10.3. The van der Waals surface area contributed by atoms with Crippen LogP contribution in [0, 0.1) is 0 Å². The SMILES string of the molecule is O=C1c2ccccc2C(=O)N1CC[C@@H]1N=C2C=CC=CN2[C@@H]1O. The van der Waals surface area contributed by atoms with Crippen LogP contribution in [0.15, 0.2) is 53.7 Å². The van der Waals surface area contributed by atoms with Gasteiger partial charge in [0.1, 0.15) is 5.84 Å². The lowest BCUT2D eigenvalue weighted by Gasteiger charge is -2.23. The average Bonchev–Trinajstić information content (AvgIpc) is 3.02. The van der Waals surface area contributed by atoms with Gasteiger partial charge in [0.25, 0.3) is 11.8 Å². The zero-order valence-electron chi connectivity index (χ0n) is 12.3. The molecule has 1 N–H and O–H groups in total. The van der Waals surface area contributed by atoms with E-state index in [1.54, 1.807) is 35.4 Å². The lowest BCUT2D eigenvalue weighted by molar-refractivity contribution is 0.0561. The van der Waals surface area contributed by atoms with Crippen molar-refractivity contribution in [3.8, 4) is 0 Å². The van der Waals surface area contributed by atoms with Crippen LogP contribution in [0.2, 0.25) is 0 Å². The van der Waals surface area contributed by atoms with Crippen LogP contribution >= 0.6 is 0 Å². The Bertz CT molecular complexity index is 746. The Morgan fingerprint density at radius 1 is 1.09 bits per heavy atom. The summed E-state index contributed by atoms with van der Waals surface area (Å²) in [6.07, 6.45) is 6.94. The third-order valence-corrected chi connectivity index (χ3v) is 4.32. The number of carbonyl (C=O) groups excluding carboxylic acids is 2. The molecule has 0 aliphatic carbocycles. The van der Waals surface area contributed by atoms with Crippen molar-refractivity contribution in [1.82, 2.24) is 9.80 Å². The quantitative estimate of drug-likeness (QED) is 0.850. The van der Waals surface area contributed by atoms with Crippen molar-refractivity contribution >= 4 is 17.6 Å². The van der Waals surface area contributed by atoms with Crippen molar-refractivity contribution in [3.05, 3.63) is 59.8 Å². The Morgan fingerprint density at radius 2 is 1.78 bits per heavy atom. The van der Waals surface area contributed by atoms with Gasteiger partial charge in [-0.15, -0.1) is 0 Å². The molecule has 1 aromatic carbocycles. The van der Waals surface area contributed by atoms with Gasteiger partial charge in [-0.2, -0.15) is 0 Å². The van der Waals surface area contributed by atoms with Gasteiger partial charge in [-0.25, -0.2) is 0 Å². The molecule has 0 fully saturated rings. The molecule has 0 radical (unpaired) electrons. The highest BCUT2D eigenvalue weighted by Gasteiger charge is 2.38. The molecule has 2 amide bonds. The first-order valence-electron chi connectivity index (χ1n) is 7.51. The van der Waals surface area contributed by atoms with Crippen LogP contribution in [-0.2, 0) is 0 Å². The van der Waals surface area contributed by atoms with E-state index in [1.165, 1.54) is 4.90 Å². The van der Waals surface area contributed by atoms with E-state index in [2.05, 4.69) is 4.99 Å². The van der Waals surface area contributed by atoms with Gasteiger partial charge in [0, 0.05) is 12.7 Å². The summed E-state index contributed by atoms with van der Waals surface area (Å²) in [7, 11) is 0. The average molecular weight is 309 g/mol. The molecule has 4 rings (SSSR count). The number of hydrogen-bond donors (Lipinski definition) is 1. The second-order valence-electron chi connectivity index (χ2n) is 5.67. The van der Waals surface area contributed by atoms with Gasteiger partial charge in [-0.1, -0.05) is 18.2 Å². The van der Waals surface area contributed by atoms with Crippen LogP contribution in [-0.4, -0.2) is 51.4 Å². The number of amides is 2. The number of benzene rings is 1. The number of aliphatic hydroxyl groups is 1. The fourth-order valence-corrected chi connectivity index (χ4v) is 3.12. The number of hydrogen-bond acceptors (Lipinski definition) is 5. The number of aliphatic imine (C=N–C) groups is 1. The molecular weight excluding hydrogens is 294 g/mol. The van der Waals surface area contributed by atoms with E-state index in [1.807, 2.05) is 18.2 Å². The van der Waals surface area contributed by atoms with E-state index in [4.69, 9.17) is 0 Å². The van der Waals surface area contributed by atoms with Crippen LogP contribution < -0.4 is 0 Å². The Balaban J connectivity index is 1.48. The van der Waals surface area contributed by atoms with E-state index < -0.39 is 6.23 Å². The minimum absolute atomic E-state index is 0.242. The van der Waals surface area contributed by atoms with Crippen LogP contribution in [0.5, 0.6) is 0 Å². The first kappa shape index (κ1) is 13.9. The zero-order chi connectivity index (χ0) is 16.0. The Labute approximate surface area is 133 Å². The van der Waals surface area contributed by atoms with E-state index in [0.29, 0.717) is 23.4 Å². The van der Waals surface area contributed by atoms with Crippen LogP contribution in [0.1, 0.15) is 27.1 Å². The van der Waals surface area contributed by atoms with Crippen molar-refractivity contribution < 1.29 is 14.7 Å². The number of nitrogens with zero attached hydrogens (tertiary/aromatic N) is 3. The minimum atomic E-state index is -0.763. The molecule has 0 saturated carbocycles. The second-order valence-corrected chi connectivity index (χ2v) is 5.67. The standard InChI is InChI=1S/C17H15N3O3/c21-15-11-5-1-2-6-12(11)16(22)20(15)10-8-13-17(23)19-9-4-3-7-14(19)18-13/h1-7,9,13,17,23H,8,10H2/t13-,17+/m0/s1. The summed E-state index contributed by atoms with van der Waals surface area (Å²) < 4.78 is 0. The number of imide groups is 1. The normalized spacial score (nSPS) is 25.0. The first-order chi connectivity index (χ1) is 11.2. The molecule has 6 nitrogen and oxygen atoms in total. The fourth-order valence-electron chi connectivity index (χ4n) is 3.12. The predicted molar refractivity (Wildman–Crippen MR) is 83.8 cm³/mol. The molecule has 2 atom stereocenters. The van der Waals surface area contributed by atoms with Crippen molar-refractivity contribution in [3.63, 3.8) is 0 Å². The first-order valence-corrected chi connectivity index (χ1v) is 7.51. The molecule has 3 aliphatic heterocycles. The third kappa shape index (κ3) is 2.10. The fraction of sp³-hybridized carbons (Fsp3) is 0.235. The van der Waals surface area contributed by atoms with Crippen molar-refractivity contribution in [2.24, 2.45) is 4.99 Å². The van der Waals surface area contributed by atoms with E-state index >= 15 is 0 Å². The highest BCUT2D eigenvalue weighted by atomic mass is 16.3. The molecule has 116 valence electrons. The summed E-state index contributed by atoms with van der Waals surface area (Å²) in [6.45, 7) is 0.242. The van der Waals surface area contributed by atoms with Gasteiger partial charge in [-0.05, 0) is 30.7 Å². The molecule has 0 unspecified atom stereocenters. The molecule has 1 aromatic rings. The molecule has 0 aromatic heterocycles. The number of amidine groups is 1. The number of allylic oxidation sites excluding steroid dienone is 2.